The van der Waals surface area contributed by atoms with Crippen LogP contribution in [0.2, 0.25) is 0 Å². The van der Waals surface area contributed by atoms with Crippen LogP contribution in [0.5, 0.6) is 0 Å². The van der Waals surface area contributed by atoms with Crippen LogP contribution in [0, 0.1) is 11.8 Å². The third-order valence-corrected chi connectivity index (χ3v) is 5.61. The molecule has 1 aliphatic heterocycles. The van der Waals surface area contributed by atoms with Crippen LogP contribution in [0.3, 0.4) is 0 Å². The van der Waals surface area contributed by atoms with Crippen molar-refractivity contribution in [1.29, 1.82) is 0 Å². The maximum absolute atomic E-state index is 13.2. The maximum atomic E-state index is 13.2. The summed E-state index contributed by atoms with van der Waals surface area (Å²) >= 11 is 0. The van der Waals surface area contributed by atoms with Crippen molar-refractivity contribution >= 4 is 11.9 Å². The number of rotatable bonds is 2. The average molecular weight is 315 g/mol. The molecule has 4 nitrogen and oxygen atoms in total. The molecule has 126 valence electrons. The number of carbonyl (C=O) groups excluding carboxylic acids is 1. The van der Waals surface area contributed by atoms with Gasteiger partial charge in [0, 0.05) is 5.54 Å². The number of hydrogen-bond donors (Lipinski definition) is 1. The molecule has 0 radical (unpaired) electrons. The summed E-state index contributed by atoms with van der Waals surface area (Å²) in [5, 5.41) is 0. The Balaban J connectivity index is 2.11. The minimum absolute atomic E-state index is 0.00877. The van der Waals surface area contributed by atoms with Crippen LogP contribution in [-0.4, -0.2) is 27.8 Å². The molecule has 0 aromatic rings. The predicted molar refractivity (Wildman–Crippen MR) is 93.9 cm³/mol. The van der Waals surface area contributed by atoms with Crippen molar-refractivity contribution in [2.75, 3.05) is 0 Å². The molecule has 1 amide bonds. The molecule has 0 fully saturated rings. The Morgan fingerprint density at radius 3 is 2.00 bits per heavy atom. The van der Waals surface area contributed by atoms with Crippen molar-refractivity contribution < 1.29 is 4.79 Å². The van der Waals surface area contributed by atoms with Crippen molar-refractivity contribution in [3.63, 3.8) is 0 Å². The highest BCUT2D eigenvalue weighted by Crippen LogP contribution is 2.49. The zero-order valence-corrected chi connectivity index (χ0v) is 14.6. The minimum atomic E-state index is -0.572. The van der Waals surface area contributed by atoms with Gasteiger partial charge in [0.15, 0.2) is 0 Å². The van der Waals surface area contributed by atoms with Crippen molar-refractivity contribution in [3.05, 3.63) is 24.3 Å². The number of nitrogens with zero attached hydrogens (tertiary/aromatic N) is 2. The molecule has 0 bridgehead atoms. The van der Waals surface area contributed by atoms with Crippen molar-refractivity contribution in [3.8, 4) is 0 Å². The van der Waals surface area contributed by atoms with E-state index in [2.05, 4.69) is 55.0 Å². The molecule has 0 aromatic heterocycles. The normalized spacial score (nSPS) is 34.8. The lowest BCUT2D eigenvalue weighted by molar-refractivity contribution is -0.137. The van der Waals surface area contributed by atoms with E-state index in [9.17, 15) is 4.79 Å². The van der Waals surface area contributed by atoms with E-state index in [1.807, 2.05) is 0 Å². The molecule has 3 aliphatic rings. The summed E-state index contributed by atoms with van der Waals surface area (Å²) in [4.78, 5) is 19.6. The van der Waals surface area contributed by atoms with E-state index >= 15 is 0 Å². The van der Waals surface area contributed by atoms with Gasteiger partial charge in [-0.05, 0) is 71.1 Å². The summed E-state index contributed by atoms with van der Waals surface area (Å²) in [5.41, 5.74) is 5.47. The third-order valence-electron chi connectivity index (χ3n) is 5.61. The van der Waals surface area contributed by atoms with Gasteiger partial charge in [-0.3, -0.25) is 4.79 Å². The summed E-state index contributed by atoms with van der Waals surface area (Å²) < 4.78 is 0. The molecule has 3 rings (SSSR count). The lowest BCUT2D eigenvalue weighted by Crippen LogP contribution is -2.67. The Bertz CT molecular complexity index is 544. The maximum Gasteiger partial charge on any atom is 0.275 e. The van der Waals surface area contributed by atoms with E-state index in [1.165, 1.54) is 0 Å². The zero-order valence-electron chi connectivity index (χ0n) is 14.6. The molecule has 4 heteroatoms. The van der Waals surface area contributed by atoms with E-state index in [0.717, 1.165) is 38.5 Å². The largest absolute Gasteiger partial charge is 0.369 e. The highest BCUT2D eigenvalue weighted by Gasteiger charge is 2.61. The van der Waals surface area contributed by atoms with Gasteiger partial charge in [0.2, 0.25) is 5.96 Å². The molecule has 1 heterocycles. The molecule has 2 aliphatic carbocycles. The van der Waals surface area contributed by atoms with Crippen LogP contribution < -0.4 is 5.73 Å². The first-order valence-electron chi connectivity index (χ1n) is 8.87. The monoisotopic (exact) mass is 315 g/mol. The summed E-state index contributed by atoms with van der Waals surface area (Å²) in [6.07, 6.45) is 15.0. The second-order valence-electron chi connectivity index (χ2n) is 8.07. The fourth-order valence-corrected chi connectivity index (χ4v) is 4.86. The Hall–Kier alpha value is -1.58. The fraction of sp³-hybridized carbons (Fsp3) is 0.684. The molecular weight excluding hydrogens is 286 g/mol. The minimum Gasteiger partial charge on any atom is -0.369 e. The van der Waals surface area contributed by atoms with E-state index in [1.54, 1.807) is 0 Å². The summed E-state index contributed by atoms with van der Waals surface area (Å²) in [5.74, 6) is 0.984. The predicted octanol–water partition coefficient (Wildman–Crippen LogP) is 3.39. The van der Waals surface area contributed by atoms with Gasteiger partial charge in [-0.1, -0.05) is 24.3 Å². The second kappa shape index (κ2) is 5.81. The Morgan fingerprint density at radius 1 is 1.09 bits per heavy atom. The Morgan fingerprint density at radius 2 is 1.61 bits per heavy atom. The number of amides is 1. The van der Waals surface area contributed by atoms with Crippen LogP contribution in [0.4, 0.5) is 0 Å². The van der Waals surface area contributed by atoms with Gasteiger partial charge < -0.3 is 10.6 Å². The summed E-state index contributed by atoms with van der Waals surface area (Å²) in [7, 11) is 0. The summed E-state index contributed by atoms with van der Waals surface area (Å²) in [6, 6.07) is 0. The molecule has 0 saturated carbocycles. The topological polar surface area (TPSA) is 58.7 Å². The molecule has 2 N–H and O–H groups in total. The number of aliphatic imine (C=N–C) groups is 1. The molecule has 2 unspecified atom stereocenters. The molecule has 0 saturated heterocycles. The molecule has 2 atom stereocenters. The van der Waals surface area contributed by atoms with Crippen LogP contribution in [0.15, 0.2) is 29.3 Å². The van der Waals surface area contributed by atoms with Gasteiger partial charge in [0.05, 0.1) is 0 Å². The Labute approximate surface area is 139 Å². The highest BCUT2D eigenvalue weighted by molar-refractivity contribution is 6.06. The van der Waals surface area contributed by atoms with Crippen LogP contribution in [-0.2, 0) is 4.79 Å². The third kappa shape index (κ3) is 2.52. The second-order valence-corrected chi connectivity index (χ2v) is 8.07. The number of guanidine groups is 1. The van der Waals surface area contributed by atoms with Gasteiger partial charge in [0.1, 0.15) is 5.54 Å². The van der Waals surface area contributed by atoms with E-state index < -0.39 is 5.54 Å². The van der Waals surface area contributed by atoms with Gasteiger partial charge in [0.25, 0.3) is 5.91 Å². The van der Waals surface area contributed by atoms with Crippen LogP contribution in [0.25, 0.3) is 0 Å². The lowest BCUT2D eigenvalue weighted by Gasteiger charge is -2.54. The number of hydrogen-bond acceptors (Lipinski definition) is 3. The van der Waals surface area contributed by atoms with Gasteiger partial charge >= 0.3 is 0 Å². The molecular formula is C19H29N3O. The standard InChI is InChI=1S/C19H29N3O/c1-18(2,3)22-17(20)21-16(23)19(22,14-10-6-4-7-11-14)15-12-8-5-9-13-15/h4-6,8,14-15H,7,9-13H2,1-3H3,(H2,20,21,23). The summed E-state index contributed by atoms with van der Waals surface area (Å²) in [6.45, 7) is 6.42. The van der Waals surface area contributed by atoms with Crippen LogP contribution >= 0.6 is 0 Å². The molecule has 23 heavy (non-hydrogen) atoms. The first kappa shape index (κ1) is 16.3. The smallest absolute Gasteiger partial charge is 0.275 e. The van der Waals surface area contributed by atoms with Crippen molar-refractivity contribution in [1.82, 2.24) is 4.90 Å². The van der Waals surface area contributed by atoms with E-state index in [4.69, 9.17) is 5.73 Å². The van der Waals surface area contributed by atoms with Crippen molar-refractivity contribution in [2.45, 2.75) is 70.4 Å². The lowest BCUT2D eigenvalue weighted by atomic mass is 9.64. The zero-order chi connectivity index (χ0) is 16.7. The SMILES string of the molecule is CC(C)(C)N1C(N)=NC(=O)C1(C1CC=CCC1)C1CC=CCC1. The number of nitrogens with two attached hydrogens (primary N) is 1. The number of allylic oxidation sites excluding steroid dienone is 4. The van der Waals surface area contributed by atoms with Crippen LogP contribution in [0.1, 0.15) is 59.3 Å². The van der Waals surface area contributed by atoms with Gasteiger partial charge in [-0.25, -0.2) is 0 Å². The quantitative estimate of drug-likeness (QED) is 0.795. The average Bonchev–Trinajstić information content (AvgIpc) is 2.80. The molecule has 0 aromatic carbocycles. The first-order valence-corrected chi connectivity index (χ1v) is 8.87. The van der Waals surface area contributed by atoms with Crippen molar-refractivity contribution in [2.24, 2.45) is 22.6 Å². The fourth-order valence-electron chi connectivity index (χ4n) is 4.86. The van der Waals surface area contributed by atoms with E-state index in [-0.39, 0.29) is 11.4 Å². The number of carbonyl (C=O) groups is 1. The van der Waals surface area contributed by atoms with Gasteiger partial charge in [-0.2, -0.15) is 4.99 Å². The molecule has 0 spiro atoms. The highest BCUT2D eigenvalue weighted by atomic mass is 16.2. The van der Waals surface area contributed by atoms with E-state index in [0.29, 0.717) is 17.8 Å². The Kier molecular flexibility index (Phi) is 4.11. The van der Waals surface area contributed by atoms with Gasteiger partial charge in [-0.15, -0.1) is 0 Å². The first-order chi connectivity index (χ1) is 10.9.